The average Bonchev–Trinajstić information content (AvgIpc) is 3.02. The van der Waals surface area contributed by atoms with Crippen LogP contribution in [0.25, 0.3) is 0 Å². The van der Waals surface area contributed by atoms with E-state index in [2.05, 4.69) is 26.0 Å². The van der Waals surface area contributed by atoms with E-state index in [-0.39, 0.29) is 0 Å². The summed E-state index contributed by atoms with van der Waals surface area (Å²) >= 11 is 0. The van der Waals surface area contributed by atoms with Crippen molar-refractivity contribution in [2.75, 3.05) is 6.79 Å². The van der Waals surface area contributed by atoms with E-state index in [1.54, 1.807) is 0 Å². The van der Waals surface area contributed by atoms with Gasteiger partial charge in [0.05, 0.1) is 6.10 Å². The average molecular weight is 272 g/mol. The maximum absolute atomic E-state index is 6.13. The standard InChI is InChI=1S/C18H24O2/c1-12-3-5-15(6-4-12)19-11-20-17-14-7-13(2)8-18(9-14)10-16(17)18/h3-6,13-14,16-17H,7-11H2,1-2H3. The number of fused-ring (bicyclic) bond motifs is 1. The first-order valence-electron chi connectivity index (χ1n) is 7.97. The summed E-state index contributed by atoms with van der Waals surface area (Å²) in [6, 6.07) is 8.20. The Morgan fingerprint density at radius 1 is 1.15 bits per heavy atom. The van der Waals surface area contributed by atoms with Gasteiger partial charge in [-0.15, -0.1) is 0 Å². The van der Waals surface area contributed by atoms with Crippen LogP contribution in [0.3, 0.4) is 0 Å². The molecule has 5 unspecified atom stereocenters. The van der Waals surface area contributed by atoms with Crippen molar-refractivity contribution in [1.82, 2.24) is 0 Å². The van der Waals surface area contributed by atoms with Gasteiger partial charge in [0.1, 0.15) is 5.75 Å². The lowest BCUT2D eigenvalue weighted by Crippen LogP contribution is -2.27. The monoisotopic (exact) mass is 272 g/mol. The molecule has 3 aliphatic carbocycles. The van der Waals surface area contributed by atoms with E-state index in [0.29, 0.717) is 18.3 Å². The number of rotatable bonds is 4. The van der Waals surface area contributed by atoms with Crippen molar-refractivity contribution in [2.45, 2.75) is 45.6 Å². The minimum Gasteiger partial charge on any atom is -0.468 e. The van der Waals surface area contributed by atoms with E-state index in [1.807, 2.05) is 12.1 Å². The third-order valence-corrected chi connectivity index (χ3v) is 5.75. The Labute approximate surface area is 121 Å². The van der Waals surface area contributed by atoms with Crippen LogP contribution in [-0.4, -0.2) is 12.9 Å². The van der Waals surface area contributed by atoms with E-state index in [1.165, 1.54) is 31.2 Å². The zero-order chi connectivity index (χ0) is 13.7. The Balaban J connectivity index is 1.33. The normalized spacial score (nSPS) is 41.3. The fraction of sp³-hybridized carbons (Fsp3) is 0.667. The molecule has 0 aromatic heterocycles. The van der Waals surface area contributed by atoms with Gasteiger partial charge < -0.3 is 9.47 Å². The van der Waals surface area contributed by atoms with Crippen molar-refractivity contribution in [3.63, 3.8) is 0 Å². The summed E-state index contributed by atoms with van der Waals surface area (Å²) in [5, 5.41) is 0. The highest BCUT2D eigenvalue weighted by atomic mass is 16.7. The van der Waals surface area contributed by atoms with Crippen LogP contribution < -0.4 is 4.74 Å². The first kappa shape index (κ1) is 12.7. The van der Waals surface area contributed by atoms with E-state index < -0.39 is 0 Å². The van der Waals surface area contributed by atoms with Crippen molar-refractivity contribution >= 4 is 0 Å². The van der Waals surface area contributed by atoms with E-state index in [9.17, 15) is 0 Å². The summed E-state index contributed by atoms with van der Waals surface area (Å²) in [4.78, 5) is 0. The summed E-state index contributed by atoms with van der Waals surface area (Å²) in [5.41, 5.74) is 1.94. The van der Waals surface area contributed by atoms with Gasteiger partial charge in [0.2, 0.25) is 0 Å². The summed E-state index contributed by atoms with van der Waals surface area (Å²) < 4.78 is 11.9. The van der Waals surface area contributed by atoms with Crippen molar-refractivity contribution in [3.05, 3.63) is 29.8 Å². The van der Waals surface area contributed by atoms with Gasteiger partial charge in [-0.1, -0.05) is 24.6 Å². The van der Waals surface area contributed by atoms with Crippen LogP contribution in [-0.2, 0) is 4.74 Å². The molecule has 0 aliphatic heterocycles. The predicted octanol–water partition coefficient (Wildman–Crippen LogP) is 4.17. The molecule has 2 bridgehead atoms. The molecule has 3 aliphatic rings. The van der Waals surface area contributed by atoms with Crippen LogP contribution in [0.15, 0.2) is 24.3 Å². The highest BCUT2D eigenvalue weighted by molar-refractivity contribution is 5.26. The minimum atomic E-state index is 0.408. The Morgan fingerprint density at radius 2 is 1.95 bits per heavy atom. The quantitative estimate of drug-likeness (QED) is 0.766. The third-order valence-electron chi connectivity index (χ3n) is 5.75. The lowest BCUT2D eigenvalue weighted by molar-refractivity contribution is -0.0646. The molecule has 4 rings (SSSR count). The van der Waals surface area contributed by atoms with E-state index in [4.69, 9.17) is 9.47 Å². The topological polar surface area (TPSA) is 18.5 Å². The molecule has 0 heterocycles. The maximum atomic E-state index is 6.13. The van der Waals surface area contributed by atoms with Crippen molar-refractivity contribution in [1.29, 1.82) is 0 Å². The van der Waals surface area contributed by atoms with Crippen LogP contribution in [0, 0.1) is 30.1 Å². The molecule has 0 saturated heterocycles. The molecular weight excluding hydrogens is 248 g/mol. The highest BCUT2D eigenvalue weighted by Gasteiger charge is 2.67. The summed E-state index contributed by atoms with van der Waals surface area (Å²) in [7, 11) is 0. The highest BCUT2D eigenvalue weighted by Crippen LogP contribution is 2.72. The molecule has 2 heteroatoms. The van der Waals surface area contributed by atoms with Crippen LogP contribution >= 0.6 is 0 Å². The van der Waals surface area contributed by atoms with Crippen LogP contribution in [0.5, 0.6) is 5.75 Å². The zero-order valence-corrected chi connectivity index (χ0v) is 12.5. The number of hydrogen-bond acceptors (Lipinski definition) is 2. The van der Waals surface area contributed by atoms with E-state index in [0.717, 1.165) is 23.5 Å². The molecule has 20 heavy (non-hydrogen) atoms. The third kappa shape index (κ3) is 2.05. The fourth-order valence-electron chi connectivity index (χ4n) is 4.94. The van der Waals surface area contributed by atoms with E-state index >= 15 is 0 Å². The van der Waals surface area contributed by atoms with Gasteiger partial charge >= 0.3 is 0 Å². The Kier molecular flexibility index (Phi) is 2.85. The molecule has 0 amide bonds. The lowest BCUT2D eigenvalue weighted by atomic mass is 9.77. The molecule has 1 spiro atoms. The van der Waals surface area contributed by atoms with Crippen LogP contribution in [0.1, 0.15) is 38.2 Å². The van der Waals surface area contributed by atoms with Gasteiger partial charge in [-0.25, -0.2) is 0 Å². The second kappa shape index (κ2) is 4.49. The summed E-state index contributed by atoms with van der Waals surface area (Å²) in [6.07, 6.45) is 6.07. The number of ether oxygens (including phenoxy) is 2. The summed E-state index contributed by atoms with van der Waals surface area (Å²) in [6.45, 7) is 4.91. The Bertz CT molecular complexity index is 495. The zero-order valence-electron chi connectivity index (χ0n) is 12.5. The first-order valence-corrected chi connectivity index (χ1v) is 7.97. The van der Waals surface area contributed by atoms with Crippen molar-refractivity contribution in [3.8, 4) is 5.75 Å². The fourth-order valence-corrected chi connectivity index (χ4v) is 4.94. The van der Waals surface area contributed by atoms with Crippen molar-refractivity contribution in [2.24, 2.45) is 23.2 Å². The lowest BCUT2D eigenvalue weighted by Gasteiger charge is -2.30. The molecule has 1 aromatic carbocycles. The SMILES string of the molecule is Cc1ccc(OCOC2C3CC(C)CC4(C3)CC24)cc1. The predicted molar refractivity (Wildman–Crippen MR) is 78.6 cm³/mol. The molecule has 1 aromatic rings. The van der Waals surface area contributed by atoms with Gasteiger partial charge in [-0.2, -0.15) is 0 Å². The molecule has 0 N–H and O–H groups in total. The smallest absolute Gasteiger partial charge is 0.189 e. The van der Waals surface area contributed by atoms with Gasteiger partial charge in [0.15, 0.2) is 6.79 Å². The molecule has 3 fully saturated rings. The number of benzene rings is 1. The second-order valence-electron chi connectivity index (χ2n) is 7.39. The van der Waals surface area contributed by atoms with Gasteiger partial charge in [0, 0.05) is 0 Å². The van der Waals surface area contributed by atoms with Gasteiger partial charge in [-0.05, 0) is 67.9 Å². The van der Waals surface area contributed by atoms with Crippen LogP contribution in [0.2, 0.25) is 0 Å². The molecular formula is C18H24O2. The second-order valence-corrected chi connectivity index (χ2v) is 7.39. The van der Waals surface area contributed by atoms with Gasteiger partial charge in [0.25, 0.3) is 0 Å². The molecule has 108 valence electrons. The maximum Gasteiger partial charge on any atom is 0.189 e. The number of hydrogen-bond donors (Lipinski definition) is 0. The molecule has 2 nitrogen and oxygen atoms in total. The summed E-state index contributed by atoms with van der Waals surface area (Å²) in [5.74, 6) is 3.43. The largest absolute Gasteiger partial charge is 0.468 e. The molecule has 5 atom stereocenters. The minimum absolute atomic E-state index is 0.408. The van der Waals surface area contributed by atoms with Crippen LogP contribution in [0.4, 0.5) is 0 Å². The molecule has 3 saturated carbocycles. The molecule has 0 radical (unpaired) electrons. The Hall–Kier alpha value is -1.02. The first-order chi connectivity index (χ1) is 9.66. The van der Waals surface area contributed by atoms with Gasteiger partial charge in [-0.3, -0.25) is 0 Å². The number of aryl methyl sites for hydroxylation is 1. The Morgan fingerprint density at radius 3 is 2.75 bits per heavy atom. The van der Waals surface area contributed by atoms with Crippen molar-refractivity contribution < 1.29 is 9.47 Å².